The van der Waals surface area contributed by atoms with Crippen molar-refractivity contribution in [3.05, 3.63) is 121 Å². The minimum atomic E-state index is 0.875. The lowest BCUT2D eigenvalue weighted by molar-refractivity contribution is 0.817. The number of rotatable bonds is 4. The van der Waals surface area contributed by atoms with Gasteiger partial charge in [0.25, 0.3) is 0 Å². The molecule has 0 fully saturated rings. The first-order valence-electron chi connectivity index (χ1n) is 13.6. The maximum Gasteiger partial charge on any atom is 0.0497 e. The van der Waals surface area contributed by atoms with Crippen LogP contribution in [-0.2, 0) is 13.1 Å². The van der Waals surface area contributed by atoms with Crippen molar-refractivity contribution in [1.29, 1.82) is 0 Å². The van der Waals surface area contributed by atoms with Gasteiger partial charge in [0.15, 0.2) is 0 Å². The van der Waals surface area contributed by atoms with Crippen LogP contribution in [0.3, 0.4) is 0 Å². The predicted molar refractivity (Wildman–Crippen MR) is 163 cm³/mol. The Morgan fingerprint density at radius 3 is 1.24 bits per heavy atom. The van der Waals surface area contributed by atoms with E-state index in [-0.39, 0.29) is 0 Å². The van der Waals surface area contributed by atoms with E-state index in [1.165, 1.54) is 65.9 Å². The molecule has 1 aromatic heterocycles. The molecular formula is C36H30N2. The Hall–Kier alpha value is -4.56. The number of aryl methyl sites for hydroxylation is 2. The molecule has 0 unspecified atom stereocenters. The van der Waals surface area contributed by atoms with Gasteiger partial charge < -0.3 is 9.13 Å². The Kier molecular flexibility index (Phi) is 5.40. The maximum atomic E-state index is 2.49. The summed E-state index contributed by atoms with van der Waals surface area (Å²) in [5.74, 6) is 0. The largest absolute Gasteiger partial charge is 0.341 e. The quantitative estimate of drug-likeness (QED) is 0.232. The molecule has 0 aliphatic rings. The molecule has 0 spiro atoms. The van der Waals surface area contributed by atoms with Crippen LogP contribution >= 0.6 is 0 Å². The second kappa shape index (κ2) is 9.08. The van der Waals surface area contributed by atoms with Gasteiger partial charge in [-0.3, -0.25) is 0 Å². The number of fused-ring (bicyclic) bond motifs is 2. The predicted octanol–water partition coefficient (Wildman–Crippen LogP) is 9.84. The van der Waals surface area contributed by atoms with E-state index in [4.69, 9.17) is 0 Å². The molecular weight excluding hydrogens is 460 g/mol. The number of hydrogen-bond acceptors (Lipinski definition) is 0. The minimum absolute atomic E-state index is 0.875. The van der Waals surface area contributed by atoms with E-state index < -0.39 is 0 Å². The first kappa shape index (κ1) is 22.6. The topological polar surface area (TPSA) is 9.86 Å². The lowest BCUT2D eigenvalue weighted by Crippen LogP contribution is -2.04. The van der Waals surface area contributed by atoms with Crippen LogP contribution in [0.5, 0.6) is 0 Å². The van der Waals surface area contributed by atoms with Crippen LogP contribution in [0.2, 0.25) is 0 Å². The molecule has 0 saturated heterocycles. The SMILES string of the molecule is CCn1c2cc3c(cccc3n(CC)c3cc4c(cccc41)cc3-c1ccccc1)cc2-c1ccccc1. The van der Waals surface area contributed by atoms with Crippen molar-refractivity contribution in [2.24, 2.45) is 0 Å². The number of nitrogens with zero attached hydrogens (tertiary/aromatic N) is 2. The molecule has 1 heterocycles. The molecule has 7 aromatic rings. The summed E-state index contributed by atoms with van der Waals surface area (Å²) in [6, 6.07) is 44.7. The average molecular weight is 491 g/mol. The van der Waals surface area contributed by atoms with E-state index in [1.54, 1.807) is 0 Å². The Bertz CT molecular complexity index is 1830. The standard InChI is InChI=1S/C36H30N2/c1-3-37-33-19-11-17-27-22-30(26-15-9-6-10-16-26)36(24-31(27)33)38(4-2)34-20-12-18-28-21-29(35(37)23-32(28)34)25-13-7-5-8-14-25/h5-24H,3-4H2,1-2H3. The van der Waals surface area contributed by atoms with E-state index >= 15 is 0 Å². The Morgan fingerprint density at radius 2 is 0.842 bits per heavy atom. The highest BCUT2D eigenvalue weighted by Crippen LogP contribution is 2.37. The second-order valence-corrected chi connectivity index (χ2v) is 9.96. The molecule has 0 aliphatic carbocycles. The van der Waals surface area contributed by atoms with Gasteiger partial charge in [-0.25, -0.2) is 0 Å². The summed E-state index contributed by atoms with van der Waals surface area (Å²) in [7, 11) is 0. The third-order valence-electron chi connectivity index (χ3n) is 7.91. The third-order valence-corrected chi connectivity index (χ3v) is 7.91. The summed E-state index contributed by atoms with van der Waals surface area (Å²) >= 11 is 0. The zero-order valence-electron chi connectivity index (χ0n) is 21.9. The van der Waals surface area contributed by atoms with Gasteiger partial charge >= 0.3 is 0 Å². The molecule has 0 aliphatic heterocycles. The van der Waals surface area contributed by atoms with Crippen LogP contribution < -0.4 is 0 Å². The molecule has 184 valence electrons. The summed E-state index contributed by atoms with van der Waals surface area (Å²) in [5, 5.41) is 5.08. The molecule has 7 rings (SSSR count). The monoisotopic (exact) mass is 490 g/mol. The zero-order chi connectivity index (χ0) is 25.6. The molecule has 0 atom stereocenters. The summed E-state index contributed by atoms with van der Waals surface area (Å²) in [6.45, 7) is 6.26. The normalized spacial score (nSPS) is 11.6. The first-order chi connectivity index (χ1) is 18.8. The van der Waals surface area contributed by atoms with Crippen LogP contribution in [0.4, 0.5) is 0 Å². The van der Waals surface area contributed by atoms with Crippen molar-refractivity contribution in [1.82, 2.24) is 9.13 Å². The summed E-state index contributed by atoms with van der Waals surface area (Å²) in [4.78, 5) is 0. The Labute approximate surface area is 223 Å². The van der Waals surface area contributed by atoms with E-state index in [0.717, 1.165) is 13.1 Å². The maximum absolute atomic E-state index is 2.49. The highest BCUT2D eigenvalue weighted by Gasteiger charge is 2.14. The first-order valence-corrected chi connectivity index (χ1v) is 13.6. The number of aromatic nitrogens is 2. The number of hydrogen-bond donors (Lipinski definition) is 0. The van der Waals surface area contributed by atoms with Crippen molar-refractivity contribution in [2.75, 3.05) is 0 Å². The lowest BCUT2D eigenvalue weighted by atomic mass is 9.96. The van der Waals surface area contributed by atoms with Gasteiger partial charge in [-0.15, -0.1) is 0 Å². The van der Waals surface area contributed by atoms with Gasteiger partial charge in [0.2, 0.25) is 0 Å². The molecule has 6 aromatic carbocycles. The molecule has 0 N–H and O–H groups in total. The molecule has 0 saturated carbocycles. The molecule has 38 heavy (non-hydrogen) atoms. The summed E-state index contributed by atoms with van der Waals surface area (Å²) < 4.78 is 4.99. The van der Waals surface area contributed by atoms with Crippen molar-refractivity contribution < 1.29 is 0 Å². The van der Waals surface area contributed by atoms with Crippen LogP contribution in [0.1, 0.15) is 13.8 Å². The highest BCUT2D eigenvalue weighted by molar-refractivity contribution is 6.08. The van der Waals surface area contributed by atoms with E-state index in [0.29, 0.717) is 0 Å². The fourth-order valence-electron chi connectivity index (χ4n) is 6.15. The fourth-order valence-corrected chi connectivity index (χ4v) is 6.15. The molecule has 0 amide bonds. The fraction of sp³-hybridized carbons (Fsp3) is 0.111. The Morgan fingerprint density at radius 1 is 0.421 bits per heavy atom. The van der Waals surface area contributed by atoms with Crippen molar-refractivity contribution in [3.63, 3.8) is 0 Å². The van der Waals surface area contributed by atoms with E-state index in [1.807, 2.05) is 0 Å². The van der Waals surface area contributed by atoms with Gasteiger partial charge in [0.05, 0.1) is 0 Å². The lowest BCUT2D eigenvalue weighted by Gasteiger charge is -2.20. The highest BCUT2D eigenvalue weighted by atomic mass is 15.0. The van der Waals surface area contributed by atoms with Gasteiger partial charge in [-0.2, -0.15) is 0 Å². The van der Waals surface area contributed by atoms with Gasteiger partial charge in [-0.1, -0.05) is 84.9 Å². The van der Waals surface area contributed by atoms with Crippen molar-refractivity contribution in [3.8, 4) is 22.3 Å². The average Bonchev–Trinajstić information content (AvgIpc) is 2.98. The van der Waals surface area contributed by atoms with Gasteiger partial charge in [-0.05, 0) is 72.1 Å². The van der Waals surface area contributed by atoms with Crippen LogP contribution in [-0.4, -0.2) is 9.13 Å². The van der Waals surface area contributed by atoms with E-state index in [9.17, 15) is 0 Å². The zero-order valence-corrected chi connectivity index (χ0v) is 21.9. The third kappa shape index (κ3) is 3.48. The van der Waals surface area contributed by atoms with Crippen LogP contribution in [0, 0.1) is 0 Å². The van der Waals surface area contributed by atoms with Gasteiger partial charge in [0, 0.05) is 57.1 Å². The molecule has 2 nitrogen and oxygen atoms in total. The van der Waals surface area contributed by atoms with E-state index in [2.05, 4.69) is 144 Å². The van der Waals surface area contributed by atoms with Crippen LogP contribution in [0.25, 0.3) is 65.9 Å². The van der Waals surface area contributed by atoms with Crippen molar-refractivity contribution in [2.45, 2.75) is 26.9 Å². The molecule has 0 radical (unpaired) electrons. The second-order valence-electron chi connectivity index (χ2n) is 9.96. The molecule has 2 heteroatoms. The molecule has 4 bridgehead atoms. The van der Waals surface area contributed by atoms with Crippen molar-refractivity contribution >= 4 is 43.6 Å². The van der Waals surface area contributed by atoms with Gasteiger partial charge in [0.1, 0.15) is 0 Å². The Balaban J connectivity index is 1.79. The minimum Gasteiger partial charge on any atom is -0.341 e. The smallest absolute Gasteiger partial charge is 0.0497 e. The summed E-state index contributed by atoms with van der Waals surface area (Å²) in [6.07, 6.45) is 0. The summed E-state index contributed by atoms with van der Waals surface area (Å²) in [5.41, 5.74) is 10.00. The van der Waals surface area contributed by atoms with Crippen LogP contribution in [0.15, 0.2) is 121 Å². The number of benzene rings is 6.